The quantitative estimate of drug-likeness (QED) is 0.477. The molecule has 12 heteroatoms. The fourth-order valence-electron chi connectivity index (χ4n) is 4.38. The van der Waals surface area contributed by atoms with Crippen LogP contribution >= 0.6 is 0 Å². The lowest BCUT2D eigenvalue weighted by Crippen LogP contribution is -2.46. The number of piperidine rings is 1. The zero-order valence-corrected chi connectivity index (χ0v) is 19.4. The summed E-state index contributed by atoms with van der Waals surface area (Å²) in [5.41, 5.74) is 1.90. The molecule has 3 heterocycles. The van der Waals surface area contributed by atoms with Crippen molar-refractivity contribution in [2.24, 2.45) is 0 Å². The second-order valence-corrected chi connectivity index (χ2v) is 10.1. The number of H-pyrrole nitrogens is 2. The third-order valence-electron chi connectivity index (χ3n) is 6.38. The maximum Gasteiger partial charge on any atom is 0.434 e. The van der Waals surface area contributed by atoms with Crippen molar-refractivity contribution in [3.8, 4) is 0 Å². The summed E-state index contributed by atoms with van der Waals surface area (Å²) in [5.74, 6) is -1.15. The van der Waals surface area contributed by atoms with Gasteiger partial charge in [-0.05, 0) is 49.4 Å². The molecule has 3 aromatic rings. The van der Waals surface area contributed by atoms with Crippen molar-refractivity contribution in [3.63, 3.8) is 0 Å². The van der Waals surface area contributed by atoms with Crippen LogP contribution in [-0.4, -0.2) is 46.0 Å². The maximum atomic E-state index is 14.8. The molecule has 2 aromatic heterocycles. The van der Waals surface area contributed by atoms with Gasteiger partial charge in [0.25, 0.3) is 10.2 Å². The van der Waals surface area contributed by atoms with Gasteiger partial charge in [-0.1, -0.05) is 13.0 Å². The van der Waals surface area contributed by atoms with Crippen molar-refractivity contribution in [3.05, 3.63) is 69.3 Å². The van der Waals surface area contributed by atoms with Gasteiger partial charge in [-0.2, -0.15) is 17.4 Å². The molecule has 1 aliphatic heterocycles. The fourth-order valence-corrected chi connectivity index (χ4v) is 5.84. The van der Waals surface area contributed by atoms with E-state index in [1.54, 1.807) is 32.3 Å². The minimum absolute atomic E-state index is 0.148. The third kappa shape index (κ3) is 4.77. The van der Waals surface area contributed by atoms with Crippen LogP contribution in [0.15, 0.2) is 33.7 Å². The molecule has 2 atom stereocenters. The van der Waals surface area contributed by atoms with Crippen LogP contribution in [0.25, 0.3) is 0 Å². The van der Waals surface area contributed by atoms with Gasteiger partial charge < -0.3 is 9.40 Å². The highest BCUT2D eigenvalue weighted by molar-refractivity contribution is 7.87. The molecule has 0 bridgehead atoms. The standard InChI is InChI=1S/C21H27FN6O4S/c1-12-4-5-16(22)17(13(12)2)14(3)18(20-25-26-21(29)32-20)27-33(30,31)28-10-6-15(7-11-28)19-23-8-9-24-19/h4-5,8-9,14-15,18,27H,6-7,10-11H2,1-3H3,(H,23,24)(H,26,29)/t14?,18-/m0/s1. The highest BCUT2D eigenvalue weighted by atomic mass is 32.2. The summed E-state index contributed by atoms with van der Waals surface area (Å²) in [6.45, 7) is 5.89. The van der Waals surface area contributed by atoms with Crippen molar-refractivity contribution in [2.45, 2.75) is 51.5 Å². The number of hydrogen-bond acceptors (Lipinski definition) is 6. The van der Waals surface area contributed by atoms with Crippen LogP contribution in [0.1, 0.15) is 66.0 Å². The monoisotopic (exact) mass is 478 g/mol. The van der Waals surface area contributed by atoms with Gasteiger partial charge in [0.1, 0.15) is 17.7 Å². The Labute approximate surface area is 190 Å². The molecule has 1 saturated heterocycles. The molecule has 1 aromatic carbocycles. The van der Waals surface area contributed by atoms with Gasteiger partial charge in [-0.15, -0.1) is 5.10 Å². The summed E-state index contributed by atoms with van der Waals surface area (Å²) in [7, 11) is -3.99. The molecule has 178 valence electrons. The van der Waals surface area contributed by atoms with Crippen molar-refractivity contribution in [1.82, 2.24) is 29.2 Å². The van der Waals surface area contributed by atoms with E-state index in [1.807, 2.05) is 6.92 Å². The number of aromatic nitrogens is 4. The number of aromatic amines is 2. The minimum Gasteiger partial charge on any atom is -0.391 e. The molecule has 0 aliphatic carbocycles. The molecule has 4 rings (SSSR count). The van der Waals surface area contributed by atoms with Crippen molar-refractivity contribution >= 4 is 10.2 Å². The van der Waals surface area contributed by atoms with E-state index in [4.69, 9.17) is 4.42 Å². The average molecular weight is 479 g/mol. The first kappa shape index (κ1) is 23.3. The molecular formula is C21H27FN6O4S. The Balaban J connectivity index is 1.60. The molecule has 1 fully saturated rings. The SMILES string of the molecule is Cc1ccc(F)c(C(C)[C@H](NS(=O)(=O)N2CCC(c3ncc[nH]3)CC2)c2n[nH]c(=O)o2)c1C. The summed E-state index contributed by atoms with van der Waals surface area (Å²) in [4.78, 5) is 19.0. The van der Waals surface area contributed by atoms with Crippen molar-refractivity contribution in [2.75, 3.05) is 13.1 Å². The third-order valence-corrected chi connectivity index (χ3v) is 7.98. The first-order valence-electron chi connectivity index (χ1n) is 10.7. The Kier molecular flexibility index (Phi) is 6.50. The van der Waals surface area contributed by atoms with E-state index in [2.05, 4.69) is 24.9 Å². The summed E-state index contributed by atoms with van der Waals surface area (Å²) in [5, 5.41) is 5.99. The molecule has 0 saturated carbocycles. The fraction of sp³-hybridized carbons (Fsp3) is 0.476. The largest absolute Gasteiger partial charge is 0.434 e. The second-order valence-electron chi connectivity index (χ2n) is 8.39. The smallest absolute Gasteiger partial charge is 0.391 e. The molecule has 1 unspecified atom stereocenters. The Morgan fingerprint density at radius 3 is 2.61 bits per heavy atom. The highest BCUT2D eigenvalue weighted by Gasteiger charge is 2.36. The van der Waals surface area contributed by atoms with E-state index in [0.717, 1.165) is 11.4 Å². The van der Waals surface area contributed by atoms with Gasteiger partial charge >= 0.3 is 5.76 Å². The Hall–Kier alpha value is -2.83. The van der Waals surface area contributed by atoms with Crippen LogP contribution in [0.3, 0.4) is 0 Å². The lowest BCUT2D eigenvalue weighted by atomic mass is 9.88. The number of nitrogens with one attached hydrogen (secondary N) is 3. The normalized spacial score (nSPS) is 17.8. The molecule has 0 spiro atoms. The molecule has 3 N–H and O–H groups in total. The Bertz CT molecular complexity index is 1260. The number of nitrogens with zero attached hydrogens (tertiary/aromatic N) is 3. The van der Waals surface area contributed by atoms with Crippen LogP contribution in [0.4, 0.5) is 4.39 Å². The molecular weight excluding hydrogens is 451 g/mol. The van der Waals surface area contributed by atoms with E-state index < -0.39 is 33.7 Å². The summed E-state index contributed by atoms with van der Waals surface area (Å²) in [6, 6.07) is 1.92. The lowest BCUT2D eigenvalue weighted by molar-refractivity contribution is 0.301. The molecule has 0 amide bonds. The summed E-state index contributed by atoms with van der Waals surface area (Å²) < 4.78 is 50.4. The van der Waals surface area contributed by atoms with Gasteiger partial charge in [0.2, 0.25) is 5.89 Å². The van der Waals surface area contributed by atoms with Crippen LogP contribution in [-0.2, 0) is 10.2 Å². The van der Waals surface area contributed by atoms with Gasteiger partial charge in [0.05, 0.1) is 0 Å². The topological polar surface area (TPSA) is 137 Å². The van der Waals surface area contributed by atoms with Gasteiger partial charge in [-0.25, -0.2) is 19.3 Å². The number of rotatable bonds is 7. The molecule has 33 heavy (non-hydrogen) atoms. The van der Waals surface area contributed by atoms with E-state index in [0.29, 0.717) is 37.1 Å². The average Bonchev–Trinajstić information content (AvgIpc) is 3.47. The number of imidazole rings is 1. The number of aryl methyl sites for hydroxylation is 1. The zero-order valence-electron chi connectivity index (χ0n) is 18.6. The van der Waals surface area contributed by atoms with Crippen LogP contribution < -0.4 is 10.5 Å². The van der Waals surface area contributed by atoms with E-state index >= 15 is 0 Å². The first-order chi connectivity index (χ1) is 15.7. The highest BCUT2D eigenvalue weighted by Crippen LogP contribution is 2.35. The Morgan fingerprint density at radius 2 is 2.00 bits per heavy atom. The predicted molar refractivity (Wildman–Crippen MR) is 118 cm³/mol. The second kappa shape index (κ2) is 9.20. The summed E-state index contributed by atoms with van der Waals surface area (Å²) in [6.07, 6.45) is 4.64. The molecule has 0 radical (unpaired) electrons. The number of hydrogen-bond donors (Lipinski definition) is 3. The van der Waals surface area contributed by atoms with Crippen molar-refractivity contribution in [1.29, 1.82) is 0 Å². The van der Waals surface area contributed by atoms with Gasteiger partial charge in [-0.3, -0.25) is 0 Å². The van der Waals surface area contributed by atoms with Gasteiger partial charge in [0, 0.05) is 37.3 Å². The lowest BCUT2D eigenvalue weighted by Gasteiger charge is -2.32. The predicted octanol–water partition coefficient (Wildman–Crippen LogP) is 2.40. The summed E-state index contributed by atoms with van der Waals surface area (Å²) >= 11 is 0. The Morgan fingerprint density at radius 1 is 1.27 bits per heavy atom. The van der Waals surface area contributed by atoms with E-state index in [-0.39, 0.29) is 11.8 Å². The number of benzene rings is 1. The van der Waals surface area contributed by atoms with Crippen LogP contribution in [0.2, 0.25) is 0 Å². The van der Waals surface area contributed by atoms with Gasteiger partial charge in [0.15, 0.2) is 0 Å². The van der Waals surface area contributed by atoms with Crippen LogP contribution in [0, 0.1) is 19.7 Å². The van der Waals surface area contributed by atoms with E-state index in [9.17, 15) is 17.6 Å². The molecule has 1 aliphatic rings. The zero-order chi connectivity index (χ0) is 23.8. The minimum atomic E-state index is -3.99. The maximum absolute atomic E-state index is 14.8. The van der Waals surface area contributed by atoms with Crippen molar-refractivity contribution < 1.29 is 17.2 Å². The molecule has 10 nitrogen and oxygen atoms in total. The number of halogens is 1. The first-order valence-corrected chi connectivity index (χ1v) is 12.2. The van der Waals surface area contributed by atoms with Crippen LogP contribution in [0.5, 0.6) is 0 Å². The van der Waals surface area contributed by atoms with E-state index in [1.165, 1.54) is 10.4 Å².